The summed E-state index contributed by atoms with van der Waals surface area (Å²) in [4.78, 5) is 13.8. The highest BCUT2D eigenvalue weighted by Gasteiger charge is 2.22. The lowest BCUT2D eigenvalue weighted by Crippen LogP contribution is -2.11. The summed E-state index contributed by atoms with van der Waals surface area (Å²) in [6.07, 6.45) is 0. The molecule has 0 aliphatic heterocycles. The Balaban J connectivity index is 1.70. The molecule has 0 atom stereocenters. The van der Waals surface area contributed by atoms with Crippen LogP contribution in [0.2, 0.25) is 10.0 Å². The summed E-state index contributed by atoms with van der Waals surface area (Å²) < 4.78 is 5.60. The lowest BCUT2D eigenvalue weighted by atomic mass is 10.2. The van der Waals surface area contributed by atoms with Crippen LogP contribution in [0.25, 0.3) is 20.7 Å². The Morgan fingerprint density at radius 3 is 2.79 bits per heavy atom. The Labute approximate surface area is 153 Å². The van der Waals surface area contributed by atoms with Gasteiger partial charge >= 0.3 is 0 Å². The number of nitrogens with zero attached hydrogens (tertiary/aromatic N) is 2. The van der Waals surface area contributed by atoms with Crippen molar-refractivity contribution in [2.45, 2.75) is 0 Å². The molecule has 0 saturated carbocycles. The molecule has 3 heterocycles. The van der Waals surface area contributed by atoms with Crippen LogP contribution in [0.1, 0.15) is 9.67 Å². The Hall–Kier alpha value is -1.93. The zero-order valence-corrected chi connectivity index (χ0v) is 14.9. The van der Waals surface area contributed by atoms with Gasteiger partial charge in [-0.05, 0) is 33.9 Å². The fourth-order valence-electron chi connectivity index (χ4n) is 2.23. The third kappa shape index (κ3) is 2.59. The van der Waals surface area contributed by atoms with Crippen LogP contribution in [0, 0.1) is 0 Å². The standard InChI is InChI=1S/C15H7Cl2N3O2S2/c16-7-3-1-4-8-10(7)11(17)13(24-8)15(21)18-14-12(19-22-20-14)9-5-2-6-23-9/h1-6H,(H,18,20,21). The van der Waals surface area contributed by atoms with E-state index in [9.17, 15) is 4.79 Å². The largest absolute Gasteiger partial charge is 0.301 e. The van der Waals surface area contributed by atoms with E-state index >= 15 is 0 Å². The minimum atomic E-state index is -0.384. The van der Waals surface area contributed by atoms with E-state index in [0.29, 0.717) is 26.0 Å². The van der Waals surface area contributed by atoms with Crippen LogP contribution in [-0.2, 0) is 0 Å². The molecule has 0 fully saturated rings. The average Bonchev–Trinajstić information content (AvgIpc) is 3.27. The van der Waals surface area contributed by atoms with Gasteiger partial charge in [0.1, 0.15) is 4.88 Å². The quantitative estimate of drug-likeness (QED) is 0.492. The summed E-state index contributed by atoms with van der Waals surface area (Å²) in [5, 5.41) is 13.7. The number of aromatic nitrogens is 2. The van der Waals surface area contributed by atoms with Gasteiger partial charge in [-0.3, -0.25) is 4.79 Å². The van der Waals surface area contributed by atoms with Gasteiger partial charge in [0.25, 0.3) is 5.91 Å². The minimum Gasteiger partial charge on any atom is -0.301 e. The number of benzene rings is 1. The lowest BCUT2D eigenvalue weighted by molar-refractivity contribution is 0.103. The third-order valence-electron chi connectivity index (χ3n) is 3.29. The molecule has 0 saturated heterocycles. The van der Waals surface area contributed by atoms with Gasteiger partial charge in [0.05, 0.1) is 14.9 Å². The van der Waals surface area contributed by atoms with Crippen LogP contribution in [0.5, 0.6) is 0 Å². The number of nitrogens with one attached hydrogen (secondary N) is 1. The molecular formula is C15H7Cl2N3O2S2. The Morgan fingerprint density at radius 2 is 2.04 bits per heavy atom. The van der Waals surface area contributed by atoms with Gasteiger partial charge in [0.2, 0.25) is 5.82 Å². The Bertz CT molecular complexity index is 1040. The zero-order valence-electron chi connectivity index (χ0n) is 11.7. The predicted octanol–water partition coefficient (Wildman–Crippen LogP) is 5.57. The highest BCUT2D eigenvalue weighted by molar-refractivity contribution is 7.21. The zero-order chi connectivity index (χ0) is 16.7. The van der Waals surface area contributed by atoms with Gasteiger partial charge in [0.15, 0.2) is 5.69 Å². The SMILES string of the molecule is O=C(Nc1nonc1-c1cccs1)c1sc2cccc(Cl)c2c1Cl. The summed E-state index contributed by atoms with van der Waals surface area (Å²) >= 11 is 15.3. The van der Waals surface area contributed by atoms with Crippen molar-refractivity contribution in [2.75, 3.05) is 5.32 Å². The number of rotatable bonds is 3. The maximum Gasteiger partial charge on any atom is 0.268 e. The topological polar surface area (TPSA) is 68.0 Å². The highest BCUT2D eigenvalue weighted by Crippen LogP contribution is 2.40. The van der Waals surface area contributed by atoms with E-state index in [2.05, 4.69) is 15.6 Å². The van der Waals surface area contributed by atoms with Gasteiger partial charge in [0, 0.05) is 10.1 Å². The van der Waals surface area contributed by atoms with E-state index < -0.39 is 0 Å². The first-order valence-electron chi connectivity index (χ1n) is 6.69. The number of hydrogen-bond donors (Lipinski definition) is 1. The number of hydrogen-bond acceptors (Lipinski definition) is 6. The Kier molecular flexibility index (Phi) is 4.01. The molecule has 120 valence electrons. The molecule has 0 unspecified atom stereocenters. The molecule has 4 rings (SSSR count). The molecule has 3 aromatic heterocycles. The van der Waals surface area contributed by atoms with E-state index in [4.69, 9.17) is 27.8 Å². The third-order valence-corrected chi connectivity index (χ3v) is 6.12. The fourth-order valence-corrected chi connectivity index (χ4v) is 4.78. The molecule has 0 aliphatic rings. The monoisotopic (exact) mass is 395 g/mol. The highest BCUT2D eigenvalue weighted by atomic mass is 35.5. The number of carbonyl (C=O) groups is 1. The minimum absolute atomic E-state index is 0.252. The van der Waals surface area contributed by atoms with Gasteiger partial charge in [-0.1, -0.05) is 35.3 Å². The van der Waals surface area contributed by atoms with E-state index in [1.807, 2.05) is 29.6 Å². The molecule has 1 N–H and O–H groups in total. The van der Waals surface area contributed by atoms with Gasteiger partial charge in [-0.2, -0.15) is 0 Å². The number of carbonyl (C=O) groups excluding carboxylic acids is 1. The van der Waals surface area contributed by atoms with Crippen molar-refractivity contribution < 1.29 is 9.42 Å². The van der Waals surface area contributed by atoms with E-state index in [0.717, 1.165) is 9.58 Å². The van der Waals surface area contributed by atoms with Crippen LogP contribution in [0.4, 0.5) is 5.82 Å². The first-order chi connectivity index (χ1) is 11.6. The maximum atomic E-state index is 12.6. The van der Waals surface area contributed by atoms with E-state index in [1.54, 1.807) is 6.07 Å². The van der Waals surface area contributed by atoms with Crippen LogP contribution < -0.4 is 5.32 Å². The lowest BCUT2D eigenvalue weighted by Gasteiger charge is -2.00. The van der Waals surface area contributed by atoms with Crippen LogP contribution in [0.3, 0.4) is 0 Å². The van der Waals surface area contributed by atoms with Crippen LogP contribution in [0.15, 0.2) is 40.3 Å². The Morgan fingerprint density at radius 1 is 1.17 bits per heavy atom. The summed E-state index contributed by atoms with van der Waals surface area (Å²) in [5.74, 6) is -0.132. The number of fused-ring (bicyclic) bond motifs is 1. The number of thiophene rings is 2. The first kappa shape index (κ1) is 15.6. The normalized spacial score (nSPS) is 11.1. The molecule has 24 heavy (non-hydrogen) atoms. The van der Waals surface area contributed by atoms with Gasteiger partial charge in [-0.15, -0.1) is 22.7 Å². The van der Waals surface area contributed by atoms with Crippen molar-refractivity contribution in [3.05, 3.63) is 50.6 Å². The molecule has 1 aromatic carbocycles. The summed E-state index contributed by atoms with van der Waals surface area (Å²) in [6, 6.07) is 9.16. The molecule has 0 radical (unpaired) electrons. The van der Waals surface area contributed by atoms with Gasteiger partial charge in [-0.25, -0.2) is 4.63 Å². The second kappa shape index (κ2) is 6.18. The van der Waals surface area contributed by atoms with Crippen molar-refractivity contribution in [3.8, 4) is 10.6 Å². The molecule has 1 amide bonds. The van der Waals surface area contributed by atoms with Crippen LogP contribution in [-0.4, -0.2) is 16.2 Å². The first-order valence-corrected chi connectivity index (χ1v) is 9.14. The van der Waals surface area contributed by atoms with Crippen molar-refractivity contribution in [3.63, 3.8) is 0 Å². The number of halogens is 2. The van der Waals surface area contributed by atoms with Crippen molar-refractivity contribution in [1.29, 1.82) is 0 Å². The smallest absolute Gasteiger partial charge is 0.268 e. The maximum absolute atomic E-state index is 12.6. The van der Waals surface area contributed by atoms with Crippen molar-refractivity contribution >= 4 is 67.7 Å². The molecule has 4 aromatic rings. The van der Waals surface area contributed by atoms with Crippen LogP contribution >= 0.6 is 45.9 Å². The number of anilines is 1. The summed E-state index contributed by atoms with van der Waals surface area (Å²) in [6.45, 7) is 0. The van der Waals surface area contributed by atoms with Crippen molar-refractivity contribution in [1.82, 2.24) is 10.3 Å². The summed E-state index contributed by atoms with van der Waals surface area (Å²) in [7, 11) is 0. The molecule has 0 spiro atoms. The second-order valence-electron chi connectivity index (χ2n) is 4.75. The molecule has 0 bridgehead atoms. The molecular weight excluding hydrogens is 389 g/mol. The predicted molar refractivity (Wildman–Crippen MR) is 97.4 cm³/mol. The molecule has 5 nitrogen and oxygen atoms in total. The second-order valence-corrected chi connectivity index (χ2v) is 7.54. The van der Waals surface area contributed by atoms with Gasteiger partial charge < -0.3 is 5.32 Å². The van der Waals surface area contributed by atoms with E-state index in [-0.39, 0.29) is 11.7 Å². The molecule has 0 aliphatic carbocycles. The average molecular weight is 396 g/mol. The van der Waals surface area contributed by atoms with E-state index in [1.165, 1.54) is 22.7 Å². The number of amides is 1. The molecule has 9 heteroatoms. The van der Waals surface area contributed by atoms with Crippen molar-refractivity contribution in [2.24, 2.45) is 0 Å². The summed E-state index contributed by atoms with van der Waals surface area (Å²) in [5.41, 5.74) is 0.480. The fraction of sp³-hybridized carbons (Fsp3) is 0.